The molecule has 28 heavy (non-hydrogen) atoms. The molecule has 3 rings (SSSR count). The van der Waals surface area contributed by atoms with Gasteiger partial charge in [-0.1, -0.05) is 49.2 Å². The monoisotopic (exact) mass is 394 g/mol. The van der Waals surface area contributed by atoms with Crippen molar-refractivity contribution in [2.45, 2.75) is 33.6 Å². The predicted octanol–water partition coefficient (Wildman–Crippen LogP) is 5.80. The van der Waals surface area contributed by atoms with Crippen molar-refractivity contribution in [2.75, 3.05) is 13.2 Å². The summed E-state index contributed by atoms with van der Waals surface area (Å²) in [7, 11) is 0. The van der Waals surface area contributed by atoms with E-state index in [0.717, 1.165) is 29.8 Å². The van der Waals surface area contributed by atoms with E-state index in [1.54, 1.807) is 4.90 Å². The molecule has 1 saturated heterocycles. The number of para-hydroxylation sites is 1. The molecule has 146 valence electrons. The molecule has 0 N–H and O–H groups in total. The van der Waals surface area contributed by atoms with Crippen LogP contribution in [0.25, 0.3) is 6.08 Å². The van der Waals surface area contributed by atoms with Crippen molar-refractivity contribution in [1.82, 2.24) is 4.90 Å². The maximum Gasteiger partial charge on any atom is 0.266 e. The highest BCUT2D eigenvalue weighted by Gasteiger charge is 2.32. The molecule has 0 aromatic heterocycles. The number of nitrogens with zero attached hydrogens (tertiary/aromatic N) is 2. The van der Waals surface area contributed by atoms with E-state index >= 15 is 0 Å². The fourth-order valence-corrected chi connectivity index (χ4v) is 3.85. The van der Waals surface area contributed by atoms with Gasteiger partial charge in [-0.05, 0) is 56.3 Å². The molecule has 0 spiro atoms. The molecular formula is C23H26N2O2S. The Kier molecular flexibility index (Phi) is 6.93. The Bertz CT molecular complexity index is 888. The quantitative estimate of drug-likeness (QED) is 0.440. The lowest BCUT2D eigenvalue weighted by atomic mass is 10.2. The Morgan fingerprint density at radius 3 is 2.57 bits per heavy atom. The number of hydrogen-bond acceptors (Lipinski definition) is 4. The number of amidine groups is 1. The zero-order valence-corrected chi connectivity index (χ0v) is 17.5. The molecule has 1 heterocycles. The molecule has 0 atom stereocenters. The van der Waals surface area contributed by atoms with Gasteiger partial charge >= 0.3 is 0 Å². The third-order valence-electron chi connectivity index (χ3n) is 4.42. The van der Waals surface area contributed by atoms with Crippen molar-refractivity contribution in [1.29, 1.82) is 0 Å². The van der Waals surface area contributed by atoms with Gasteiger partial charge in [-0.15, -0.1) is 0 Å². The summed E-state index contributed by atoms with van der Waals surface area (Å²) in [5, 5.41) is 0.715. The van der Waals surface area contributed by atoms with E-state index in [-0.39, 0.29) is 5.91 Å². The SMILES string of the molecule is CCCCOc1ccccc1/C=C1/SC(=Nc2ccc(C)cc2)N(CC)C1=O. The van der Waals surface area contributed by atoms with Gasteiger partial charge in [0.1, 0.15) is 5.75 Å². The molecule has 2 aromatic rings. The van der Waals surface area contributed by atoms with Crippen molar-refractivity contribution >= 4 is 34.6 Å². The van der Waals surface area contributed by atoms with Crippen LogP contribution in [-0.4, -0.2) is 29.1 Å². The average molecular weight is 395 g/mol. The maximum atomic E-state index is 12.9. The smallest absolute Gasteiger partial charge is 0.266 e. The summed E-state index contributed by atoms with van der Waals surface area (Å²) in [4.78, 5) is 20.0. The summed E-state index contributed by atoms with van der Waals surface area (Å²) in [6.07, 6.45) is 4.01. The van der Waals surface area contributed by atoms with Crippen LogP contribution in [-0.2, 0) is 4.79 Å². The number of carbonyl (C=O) groups excluding carboxylic acids is 1. The van der Waals surface area contributed by atoms with Gasteiger partial charge in [0, 0.05) is 12.1 Å². The highest BCUT2D eigenvalue weighted by atomic mass is 32.2. The van der Waals surface area contributed by atoms with Crippen molar-refractivity contribution in [3.05, 3.63) is 64.6 Å². The molecule has 0 unspecified atom stereocenters. The van der Waals surface area contributed by atoms with Crippen LogP contribution >= 0.6 is 11.8 Å². The summed E-state index contributed by atoms with van der Waals surface area (Å²) in [6, 6.07) is 15.8. The Labute approximate surface area is 171 Å². The first-order valence-electron chi connectivity index (χ1n) is 9.71. The minimum atomic E-state index is -0.0123. The van der Waals surface area contributed by atoms with Gasteiger partial charge < -0.3 is 4.74 Å². The van der Waals surface area contributed by atoms with Crippen LogP contribution in [0.5, 0.6) is 5.75 Å². The first-order chi connectivity index (χ1) is 13.6. The normalized spacial score (nSPS) is 17.0. The molecule has 0 saturated carbocycles. The summed E-state index contributed by atoms with van der Waals surface area (Å²) in [6.45, 7) is 7.42. The number of aliphatic imine (C=N–C) groups is 1. The Balaban J connectivity index is 1.87. The molecule has 1 aliphatic rings. The van der Waals surface area contributed by atoms with Crippen LogP contribution in [0.1, 0.15) is 37.8 Å². The molecule has 0 aliphatic carbocycles. The highest BCUT2D eigenvalue weighted by molar-refractivity contribution is 8.18. The summed E-state index contributed by atoms with van der Waals surface area (Å²) >= 11 is 1.41. The van der Waals surface area contributed by atoms with Gasteiger partial charge in [0.05, 0.1) is 17.2 Å². The van der Waals surface area contributed by atoms with Gasteiger partial charge in [-0.2, -0.15) is 0 Å². The van der Waals surface area contributed by atoms with Crippen molar-refractivity contribution < 1.29 is 9.53 Å². The lowest BCUT2D eigenvalue weighted by Gasteiger charge is -2.12. The standard InChI is InChI=1S/C23H26N2O2S/c1-4-6-15-27-20-10-8-7-9-18(20)16-21-22(26)25(5-2)23(28-21)24-19-13-11-17(3)12-14-19/h7-14,16H,4-6,15H2,1-3H3/b21-16+,24-23?. The lowest BCUT2D eigenvalue weighted by molar-refractivity contribution is -0.122. The Morgan fingerprint density at radius 2 is 1.86 bits per heavy atom. The summed E-state index contributed by atoms with van der Waals surface area (Å²) in [5.41, 5.74) is 2.96. The summed E-state index contributed by atoms with van der Waals surface area (Å²) < 4.78 is 5.90. The molecule has 1 aliphatic heterocycles. The van der Waals surface area contributed by atoms with Gasteiger partial charge in [-0.25, -0.2) is 4.99 Å². The van der Waals surface area contributed by atoms with E-state index in [1.807, 2.05) is 68.5 Å². The Morgan fingerprint density at radius 1 is 1.11 bits per heavy atom. The minimum Gasteiger partial charge on any atom is -0.493 e. The molecule has 0 radical (unpaired) electrons. The van der Waals surface area contributed by atoms with Crippen LogP contribution in [0.4, 0.5) is 5.69 Å². The number of likely N-dealkylation sites (N-methyl/N-ethyl adjacent to an activating group) is 1. The van der Waals surface area contributed by atoms with E-state index in [0.29, 0.717) is 23.2 Å². The van der Waals surface area contributed by atoms with Crippen LogP contribution in [0.2, 0.25) is 0 Å². The largest absolute Gasteiger partial charge is 0.493 e. The van der Waals surface area contributed by atoms with E-state index < -0.39 is 0 Å². The van der Waals surface area contributed by atoms with Crippen molar-refractivity contribution in [3.63, 3.8) is 0 Å². The van der Waals surface area contributed by atoms with E-state index in [2.05, 4.69) is 11.9 Å². The third-order valence-corrected chi connectivity index (χ3v) is 5.43. The lowest BCUT2D eigenvalue weighted by Crippen LogP contribution is -2.28. The zero-order valence-electron chi connectivity index (χ0n) is 16.6. The van der Waals surface area contributed by atoms with Crippen molar-refractivity contribution in [3.8, 4) is 5.75 Å². The molecule has 2 aromatic carbocycles. The number of amides is 1. The molecule has 4 nitrogen and oxygen atoms in total. The number of carbonyl (C=O) groups is 1. The number of unbranched alkanes of at least 4 members (excludes halogenated alkanes) is 1. The van der Waals surface area contributed by atoms with E-state index in [1.165, 1.54) is 17.3 Å². The average Bonchev–Trinajstić information content (AvgIpc) is 2.99. The third kappa shape index (κ3) is 4.84. The number of ether oxygens (including phenoxy) is 1. The minimum absolute atomic E-state index is 0.0123. The fourth-order valence-electron chi connectivity index (χ4n) is 2.80. The fraction of sp³-hybridized carbons (Fsp3) is 0.304. The second-order valence-electron chi connectivity index (χ2n) is 6.63. The molecule has 5 heteroatoms. The number of benzene rings is 2. The number of hydrogen-bond donors (Lipinski definition) is 0. The molecular weight excluding hydrogens is 368 g/mol. The van der Waals surface area contributed by atoms with Crippen LogP contribution in [0.15, 0.2) is 58.4 Å². The van der Waals surface area contributed by atoms with E-state index in [9.17, 15) is 4.79 Å². The number of thioether (sulfide) groups is 1. The van der Waals surface area contributed by atoms with E-state index in [4.69, 9.17) is 4.74 Å². The molecule has 1 fully saturated rings. The van der Waals surface area contributed by atoms with Gasteiger partial charge in [0.2, 0.25) is 0 Å². The van der Waals surface area contributed by atoms with Crippen LogP contribution in [0.3, 0.4) is 0 Å². The first-order valence-corrected chi connectivity index (χ1v) is 10.5. The first kappa shape index (κ1) is 20.2. The number of rotatable bonds is 7. The van der Waals surface area contributed by atoms with Gasteiger partial charge in [0.25, 0.3) is 5.91 Å². The Hall–Kier alpha value is -2.53. The maximum absolute atomic E-state index is 12.9. The second kappa shape index (κ2) is 9.60. The predicted molar refractivity (Wildman–Crippen MR) is 118 cm³/mol. The second-order valence-corrected chi connectivity index (χ2v) is 7.64. The zero-order chi connectivity index (χ0) is 19.9. The van der Waals surface area contributed by atoms with Crippen LogP contribution in [0, 0.1) is 6.92 Å². The van der Waals surface area contributed by atoms with Gasteiger partial charge in [0.15, 0.2) is 5.17 Å². The van der Waals surface area contributed by atoms with Crippen molar-refractivity contribution in [2.24, 2.45) is 4.99 Å². The van der Waals surface area contributed by atoms with Gasteiger partial charge in [-0.3, -0.25) is 9.69 Å². The molecule has 0 bridgehead atoms. The van der Waals surface area contributed by atoms with Crippen LogP contribution < -0.4 is 4.74 Å². The highest BCUT2D eigenvalue weighted by Crippen LogP contribution is 2.35. The topological polar surface area (TPSA) is 41.9 Å². The number of aryl methyl sites for hydroxylation is 1. The molecule has 1 amide bonds. The summed E-state index contributed by atoms with van der Waals surface area (Å²) in [5.74, 6) is 0.797.